The third kappa shape index (κ3) is 5.17. The first-order valence-electron chi connectivity index (χ1n) is 1.89. The summed E-state index contributed by atoms with van der Waals surface area (Å²) in [5.74, 6) is -0.101. The van der Waals surface area contributed by atoms with Crippen molar-refractivity contribution >= 4 is 22.6 Å². The highest BCUT2D eigenvalue weighted by Gasteiger charge is 1.78. The van der Waals surface area contributed by atoms with Gasteiger partial charge in [-0.2, -0.15) is 0 Å². The second-order valence-corrected chi connectivity index (χ2v) is 1.54. The Hall–Kier alpha value is -0.830. The molecule has 0 amide bonds. The highest BCUT2D eigenvalue weighted by molar-refractivity contribution is 6.67. The number of halogens is 1. The standard InChI is InChI=1S/C4H6ClN3/c5-3(6)1-2-4(7)8/h1-2,6H,(H3,7,8)/b2-1-,6-3?. The normalized spacial score (nSPS) is 9.62. The minimum atomic E-state index is -0.125. The molecule has 0 radical (unpaired) electrons. The summed E-state index contributed by atoms with van der Waals surface area (Å²) in [6.07, 6.45) is 2.49. The molecule has 3 nitrogen and oxygen atoms in total. The summed E-state index contributed by atoms with van der Waals surface area (Å²) in [5.41, 5.74) is 4.88. The first kappa shape index (κ1) is 7.17. The number of hydrogen-bond donors (Lipinski definition) is 3. The average Bonchev–Trinajstić information content (AvgIpc) is 1.61. The Morgan fingerprint density at radius 2 is 1.88 bits per heavy atom. The first-order chi connectivity index (χ1) is 3.63. The lowest BCUT2D eigenvalue weighted by atomic mass is 10.5. The van der Waals surface area contributed by atoms with Gasteiger partial charge in [0, 0.05) is 0 Å². The Kier molecular flexibility index (Phi) is 2.88. The van der Waals surface area contributed by atoms with Gasteiger partial charge in [0.05, 0.1) is 0 Å². The molecule has 44 valence electrons. The topological polar surface area (TPSA) is 73.7 Å². The molecule has 4 N–H and O–H groups in total. The maximum Gasteiger partial charge on any atom is 0.120 e. The summed E-state index contributed by atoms with van der Waals surface area (Å²) in [6.45, 7) is 0. The van der Waals surface area contributed by atoms with Crippen LogP contribution in [0.2, 0.25) is 0 Å². The van der Waals surface area contributed by atoms with Gasteiger partial charge in [0.25, 0.3) is 0 Å². The fourth-order valence-corrected chi connectivity index (χ4v) is 0.226. The average molecular weight is 132 g/mol. The van der Waals surface area contributed by atoms with Crippen LogP contribution in [-0.4, -0.2) is 11.0 Å². The van der Waals surface area contributed by atoms with Crippen LogP contribution in [0.25, 0.3) is 0 Å². The molecule has 0 spiro atoms. The van der Waals surface area contributed by atoms with Crippen LogP contribution in [0.1, 0.15) is 0 Å². The maximum atomic E-state index is 6.62. The van der Waals surface area contributed by atoms with E-state index in [1.807, 2.05) is 0 Å². The van der Waals surface area contributed by atoms with E-state index in [-0.39, 0.29) is 11.0 Å². The van der Waals surface area contributed by atoms with Gasteiger partial charge >= 0.3 is 0 Å². The van der Waals surface area contributed by atoms with Crippen molar-refractivity contribution in [1.82, 2.24) is 0 Å². The predicted molar refractivity (Wildman–Crippen MR) is 34.6 cm³/mol. The number of nitrogens with two attached hydrogens (primary N) is 1. The molecule has 0 heterocycles. The van der Waals surface area contributed by atoms with Crippen molar-refractivity contribution < 1.29 is 0 Å². The van der Waals surface area contributed by atoms with Crippen molar-refractivity contribution in [2.45, 2.75) is 0 Å². The van der Waals surface area contributed by atoms with Crippen LogP contribution in [0, 0.1) is 10.8 Å². The molecular weight excluding hydrogens is 126 g/mol. The summed E-state index contributed by atoms with van der Waals surface area (Å²) < 4.78 is 0. The van der Waals surface area contributed by atoms with Crippen LogP contribution in [0.5, 0.6) is 0 Å². The summed E-state index contributed by atoms with van der Waals surface area (Å²) in [7, 11) is 0. The number of amidine groups is 1. The molecule has 0 aliphatic carbocycles. The van der Waals surface area contributed by atoms with Gasteiger partial charge in [0.2, 0.25) is 0 Å². The fourth-order valence-electron chi connectivity index (χ4n) is 0.163. The van der Waals surface area contributed by atoms with Crippen molar-refractivity contribution in [2.75, 3.05) is 0 Å². The monoisotopic (exact) mass is 131 g/mol. The largest absolute Gasteiger partial charge is 0.384 e. The van der Waals surface area contributed by atoms with Gasteiger partial charge in [0.15, 0.2) is 0 Å². The van der Waals surface area contributed by atoms with Crippen LogP contribution >= 0.6 is 11.6 Å². The Morgan fingerprint density at radius 3 is 2.00 bits per heavy atom. The highest BCUT2D eigenvalue weighted by Crippen LogP contribution is 1.81. The van der Waals surface area contributed by atoms with E-state index in [0.29, 0.717) is 0 Å². The Morgan fingerprint density at radius 1 is 1.38 bits per heavy atom. The molecule has 0 rings (SSSR count). The number of hydrogen-bond acceptors (Lipinski definition) is 2. The van der Waals surface area contributed by atoms with Crippen molar-refractivity contribution in [2.24, 2.45) is 5.73 Å². The molecule has 0 saturated heterocycles. The molecule has 0 saturated carbocycles. The Bertz CT molecular complexity index is 122. The van der Waals surface area contributed by atoms with Crippen molar-refractivity contribution in [3.8, 4) is 0 Å². The second kappa shape index (κ2) is 3.21. The summed E-state index contributed by atoms with van der Waals surface area (Å²) in [4.78, 5) is 0. The molecule has 0 aliphatic rings. The van der Waals surface area contributed by atoms with Gasteiger partial charge in [-0.15, -0.1) is 0 Å². The van der Waals surface area contributed by atoms with Gasteiger partial charge < -0.3 is 5.73 Å². The van der Waals surface area contributed by atoms with Gasteiger partial charge in [-0.25, -0.2) is 0 Å². The van der Waals surface area contributed by atoms with Gasteiger partial charge in [-0.05, 0) is 12.2 Å². The zero-order valence-corrected chi connectivity index (χ0v) is 4.87. The molecule has 0 atom stereocenters. The summed E-state index contributed by atoms with van der Waals surface area (Å²) in [6, 6.07) is 0. The fraction of sp³-hybridized carbons (Fsp3) is 0. The van der Waals surface area contributed by atoms with Crippen molar-refractivity contribution in [3.63, 3.8) is 0 Å². The molecule has 0 unspecified atom stereocenters. The predicted octanol–water partition coefficient (Wildman–Crippen LogP) is 0.695. The Balaban J connectivity index is 3.67. The Labute approximate surface area is 52.2 Å². The van der Waals surface area contributed by atoms with Gasteiger partial charge in [-0.1, -0.05) is 11.6 Å². The van der Waals surface area contributed by atoms with E-state index in [2.05, 4.69) is 0 Å². The zero-order chi connectivity index (χ0) is 6.57. The quantitative estimate of drug-likeness (QED) is 0.375. The van der Waals surface area contributed by atoms with Crippen LogP contribution in [-0.2, 0) is 0 Å². The number of rotatable bonds is 2. The van der Waals surface area contributed by atoms with E-state index in [9.17, 15) is 0 Å². The van der Waals surface area contributed by atoms with E-state index in [0.717, 1.165) is 0 Å². The van der Waals surface area contributed by atoms with Crippen molar-refractivity contribution in [3.05, 3.63) is 12.2 Å². The van der Waals surface area contributed by atoms with Gasteiger partial charge in [0.1, 0.15) is 11.0 Å². The smallest absolute Gasteiger partial charge is 0.120 e. The molecule has 4 heteroatoms. The summed E-state index contributed by atoms with van der Waals surface area (Å²) in [5, 5.41) is 13.1. The molecular formula is C4H6ClN3. The molecule has 0 aromatic carbocycles. The van der Waals surface area contributed by atoms with E-state index in [1.165, 1.54) is 12.2 Å². The summed E-state index contributed by atoms with van der Waals surface area (Å²) >= 11 is 5.07. The van der Waals surface area contributed by atoms with Crippen LogP contribution in [0.4, 0.5) is 0 Å². The van der Waals surface area contributed by atoms with E-state index in [4.69, 9.17) is 28.2 Å². The second-order valence-electron chi connectivity index (χ2n) is 1.14. The number of nitrogens with one attached hydrogen (secondary N) is 2. The minimum Gasteiger partial charge on any atom is -0.384 e. The molecule has 0 aromatic rings. The SMILES string of the molecule is N=C(N)/C=C\C(=N)Cl. The minimum absolute atomic E-state index is 0.101. The van der Waals surface area contributed by atoms with Crippen LogP contribution in [0.3, 0.4) is 0 Å². The lowest BCUT2D eigenvalue weighted by Crippen LogP contribution is -2.04. The third-order valence-corrected chi connectivity index (χ3v) is 0.535. The molecule has 0 aliphatic heterocycles. The molecule has 0 fully saturated rings. The molecule has 8 heavy (non-hydrogen) atoms. The molecule has 0 bridgehead atoms. The molecule has 0 aromatic heterocycles. The van der Waals surface area contributed by atoms with Crippen LogP contribution in [0.15, 0.2) is 12.2 Å². The van der Waals surface area contributed by atoms with E-state index in [1.54, 1.807) is 0 Å². The first-order valence-corrected chi connectivity index (χ1v) is 2.27. The van der Waals surface area contributed by atoms with E-state index >= 15 is 0 Å². The van der Waals surface area contributed by atoms with E-state index < -0.39 is 0 Å². The van der Waals surface area contributed by atoms with Crippen molar-refractivity contribution in [1.29, 1.82) is 10.8 Å². The third-order valence-electron chi connectivity index (χ3n) is 0.409. The lowest BCUT2D eigenvalue weighted by molar-refractivity contribution is 1.46. The van der Waals surface area contributed by atoms with Gasteiger partial charge in [-0.3, -0.25) is 10.8 Å². The van der Waals surface area contributed by atoms with Crippen LogP contribution < -0.4 is 5.73 Å². The zero-order valence-electron chi connectivity index (χ0n) is 4.11. The number of allylic oxidation sites excluding steroid dienone is 1. The lowest BCUT2D eigenvalue weighted by Gasteiger charge is -1.80. The highest BCUT2D eigenvalue weighted by atomic mass is 35.5. The maximum absolute atomic E-state index is 6.62.